The molecule has 0 amide bonds. The molecule has 0 saturated heterocycles. The molecular weight excluding hydrogens is 228 g/mol. The number of nitrogens with one attached hydrogen (secondary N) is 1. The molecule has 0 bridgehead atoms. The molecule has 1 N–H and O–H groups in total. The van der Waals surface area contributed by atoms with Crippen molar-refractivity contribution in [1.29, 1.82) is 0 Å². The van der Waals surface area contributed by atoms with E-state index in [2.05, 4.69) is 10.5 Å². The monoisotopic (exact) mass is 240 g/mol. The molecule has 1 aliphatic heterocycles. The summed E-state index contributed by atoms with van der Waals surface area (Å²) in [6.07, 6.45) is 1.61. The Kier molecular flexibility index (Phi) is 2.68. The number of carbonyl (C=O) groups is 1. The minimum absolute atomic E-state index is 0.0537. The fraction of sp³-hybridized carbons (Fsp3) is 0.143. The highest BCUT2D eigenvalue weighted by molar-refractivity contribution is 6.48. The van der Waals surface area contributed by atoms with Gasteiger partial charge in [-0.25, -0.2) is 0 Å². The maximum absolute atomic E-state index is 12.3. The molecule has 90 valence electrons. The minimum atomic E-state index is -0.104. The average Bonchev–Trinajstić information content (AvgIpc) is 3.09. The molecule has 0 fully saturated rings. The van der Waals surface area contributed by atoms with E-state index in [1.165, 1.54) is 0 Å². The van der Waals surface area contributed by atoms with Crippen molar-refractivity contribution in [3.8, 4) is 0 Å². The summed E-state index contributed by atoms with van der Waals surface area (Å²) >= 11 is 0. The van der Waals surface area contributed by atoms with Gasteiger partial charge in [0.15, 0.2) is 0 Å². The number of nitrogens with zero attached hydrogens (tertiary/aromatic N) is 1. The van der Waals surface area contributed by atoms with Gasteiger partial charge in [-0.3, -0.25) is 4.79 Å². The molecule has 18 heavy (non-hydrogen) atoms. The van der Waals surface area contributed by atoms with Gasteiger partial charge in [0.2, 0.25) is 5.78 Å². The summed E-state index contributed by atoms with van der Waals surface area (Å²) in [6, 6.07) is 12.8. The van der Waals surface area contributed by atoms with Crippen molar-refractivity contribution in [2.75, 3.05) is 6.54 Å². The lowest BCUT2D eigenvalue weighted by Gasteiger charge is -2.07. The van der Waals surface area contributed by atoms with Gasteiger partial charge < -0.3 is 9.84 Å². The Balaban J connectivity index is 1.90. The number of rotatable bonds is 3. The molecule has 2 aromatic rings. The van der Waals surface area contributed by atoms with Crippen LogP contribution in [0.15, 0.2) is 58.2 Å². The summed E-state index contributed by atoms with van der Waals surface area (Å²) in [7, 11) is 0. The van der Waals surface area contributed by atoms with E-state index < -0.39 is 0 Å². The molecule has 1 aromatic carbocycles. The molecule has 0 unspecified atom stereocenters. The van der Waals surface area contributed by atoms with Gasteiger partial charge in [-0.05, 0) is 12.1 Å². The normalized spacial score (nSPS) is 18.2. The quantitative estimate of drug-likeness (QED) is 0.837. The lowest BCUT2D eigenvalue weighted by molar-refractivity contribution is 0.106. The Labute approximate surface area is 104 Å². The van der Waals surface area contributed by atoms with Gasteiger partial charge in [0.05, 0.1) is 12.2 Å². The maximum Gasteiger partial charge on any atom is 0.209 e. The van der Waals surface area contributed by atoms with E-state index in [1.807, 2.05) is 30.3 Å². The van der Waals surface area contributed by atoms with Crippen LogP contribution in [-0.4, -0.2) is 18.0 Å². The van der Waals surface area contributed by atoms with Crippen LogP contribution in [-0.2, 0) is 0 Å². The van der Waals surface area contributed by atoms with Gasteiger partial charge in [0, 0.05) is 12.1 Å². The van der Waals surface area contributed by atoms with E-state index in [4.69, 9.17) is 4.42 Å². The molecule has 4 heteroatoms. The van der Waals surface area contributed by atoms with Gasteiger partial charge >= 0.3 is 0 Å². The lowest BCUT2D eigenvalue weighted by Crippen LogP contribution is -2.21. The van der Waals surface area contributed by atoms with Gasteiger partial charge in [0.1, 0.15) is 11.5 Å². The molecule has 3 rings (SSSR count). The molecule has 2 heterocycles. The topological polar surface area (TPSA) is 54.6 Å². The highest BCUT2D eigenvalue weighted by Gasteiger charge is 2.31. The van der Waals surface area contributed by atoms with Crippen molar-refractivity contribution in [2.45, 2.75) is 5.92 Å². The van der Waals surface area contributed by atoms with Crippen LogP contribution in [0.3, 0.4) is 0 Å². The molecule has 1 atom stereocenters. The number of ketones is 1. The highest BCUT2D eigenvalue weighted by atomic mass is 16.3. The van der Waals surface area contributed by atoms with E-state index in [9.17, 15) is 4.79 Å². The fourth-order valence-electron chi connectivity index (χ4n) is 2.07. The first-order chi connectivity index (χ1) is 8.86. The highest BCUT2D eigenvalue weighted by Crippen LogP contribution is 2.23. The van der Waals surface area contributed by atoms with Crippen LogP contribution in [0.25, 0.3) is 0 Å². The van der Waals surface area contributed by atoms with Crippen LogP contribution in [0.5, 0.6) is 0 Å². The van der Waals surface area contributed by atoms with Crippen molar-refractivity contribution in [3.05, 3.63) is 60.1 Å². The smallest absolute Gasteiger partial charge is 0.209 e. The third-order valence-electron chi connectivity index (χ3n) is 2.98. The first kappa shape index (κ1) is 10.8. The molecule has 1 aliphatic rings. The Morgan fingerprint density at radius 1 is 1.22 bits per heavy atom. The predicted octanol–water partition coefficient (Wildman–Crippen LogP) is 2.21. The van der Waals surface area contributed by atoms with E-state index in [0.29, 0.717) is 17.8 Å². The van der Waals surface area contributed by atoms with Crippen LogP contribution >= 0.6 is 0 Å². The standard InChI is InChI=1S/C14H12N2O2/c17-14(10-5-2-1-3-6-10)13-11(9-15-16-13)12-7-4-8-18-12/h1-8,11,15H,9H2/t11-/m1/s1. The minimum Gasteiger partial charge on any atom is -0.469 e. The van der Waals surface area contributed by atoms with Crippen LogP contribution < -0.4 is 5.43 Å². The maximum atomic E-state index is 12.3. The fourth-order valence-corrected chi connectivity index (χ4v) is 2.07. The molecule has 0 saturated carbocycles. The summed E-state index contributed by atoms with van der Waals surface area (Å²) in [5.41, 5.74) is 4.03. The Morgan fingerprint density at radius 3 is 2.78 bits per heavy atom. The first-order valence-corrected chi connectivity index (χ1v) is 5.80. The van der Waals surface area contributed by atoms with Gasteiger partial charge in [-0.15, -0.1) is 0 Å². The van der Waals surface area contributed by atoms with Gasteiger partial charge in [-0.2, -0.15) is 5.10 Å². The van der Waals surface area contributed by atoms with Gasteiger partial charge in [-0.1, -0.05) is 30.3 Å². The number of hydrazone groups is 1. The summed E-state index contributed by atoms with van der Waals surface area (Å²) in [5.74, 6) is 0.609. The number of Topliss-reactive ketones (excluding diaryl/α,β-unsaturated/α-hetero) is 1. The predicted molar refractivity (Wildman–Crippen MR) is 67.7 cm³/mol. The largest absolute Gasteiger partial charge is 0.469 e. The molecule has 4 nitrogen and oxygen atoms in total. The Hall–Kier alpha value is -2.36. The Bertz CT molecular complexity index is 573. The zero-order valence-corrected chi connectivity index (χ0v) is 9.67. The molecular formula is C14H12N2O2. The summed E-state index contributed by atoms with van der Waals surface area (Å²) < 4.78 is 5.36. The summed E-state index contributed by atoms with van der Waals surface area (Å²) in [6.45, 7) is 0.599. The number of hydrogen-bond donors (Lipinski definition) is 1. The van der Waals surface area contributed by atoms with E-state index >= 15 is 0 Å². The van der Waals surface area contributed by atoms with Crippen LogP contribution in [0.4, 0.5) is 0 Å². The summed E-state index contributed by atoms with van der Waals surface area (Å²) in [5, 5.41) is 4.11. The number of carbonyl (C=O) groups excluding carboxylic acids is 1. The zero-order chi connectivity index (χ0) is 12.4. The van der Waals surface area contributed by atoms with Crippen LogP contribution in [0.2, 0.25) is 0 Å². The lowest BCUT2D eigenvalue weighted by atomic mass is 9.95. The van der Waals surface area contributed by atoms with Crippen molar-refractivity contribution < 1.29 is 9.21 Å². The van der Waals surface area contributed by atoms with Crippen LogP contribution in [0, 0.1) is 0 Å². The van der Waals surface area contributed by atoms with Crippen molar-refractivity contribution in [3.63, 3.8) is 0 Å². The van der Waals surface area contributed by atoms with Crippen molar-refractivity contribution in [2.24, 2.45) is 5.10 Å². The number of benzene rings is 1. The first-order valence-electron chi connectivity index (χ1n) is 5.80. The molecule has 0 aliphatic carbocycles. The zero-order valence-electron chi connectivity index (χ0n) is 9.67. The molecule has 0 spiro atoms. The molecule has 0 radical (unpaired) electrons. The van der Waals surface area contributed by atoms with Gasteiger partial charge in [0.25, 0.3) is 0 Å². The number of furan rings is 1. The third-order valence-corrected chi connectivity index (χ3v) is 2.98. The summed E-state index contributed by atoms with van der Waals surface area (Å²) in [4.78, 5) is 12.3. The molecule has 1 aromatic heterocycles. The van der Waals surface area contributed by atoms with Crippen molar-refractivity contribution >= 4 is 11.5 Å². The van der Waals surface area contributed by atoms with Crippen molar-refractivity contribution in [1.82, 2.24) is 5.43 Å². The van der Waals surface area contributed by atoms with Crippen LogP contribution in [0.1, 0.15) is 22.0 Å². The average molecular weight is 240 g/mol. The number of hydrogen-bond acceptors (Lipinski definition) is 4. The van der Waals surface area contributed by atoms with E-state index in [1.54, 1.807) is 18.4 Å². The second-order valence-electron chi connectivity index (χ2n) is 4.12. The SMILES string of the molecule is O=C(C1=NNC[C@@H]1c1ccco1)c1ccccc1. The van der Waals surface area contributed by atoms with E-state index in [-0.39, 0.29) is 11.7 Å². The second kappa shape index (κ2) is 4.49. The van der Waals surface area contributed by atoms with E-state index in [0.717, 1.165) is 5.76 Å². The third kappa shape index (κ3) is 1.82. The Morgan fingerprint density at radius 2 is 2.06 bits per heavy atom. The second-order valence-corrected chi connectivity index (χ2v) is 4.12.